The van der Waals surface area contributed by atoms with Crippen molar-refractivity contribution in [3.8, 4) is 0 Å². The Morgan fingerprint density at radius 3 is 3.18 bits per heavy atom. The molecule has 1 aliphatic rings. The molecule has 5 nitrogen and oxygen atoms in total. The predicted octanol–water partition coefficient (Wildman–Crippen LogP) is 0.626. The van der Waals surface area contributed by atoms with Gasteiger partial charge in [-0.25, -0.2) is 0 Å². The molecule has 0 saturated carbocycles. The Kier molecular flexibility index (Phi) is 3.58. The third-order valence-corrected chi connectivity index (χ3v) is 2.76. The number of hydrogen-bond acceptors (Lipinski definition) is 3. The molecule has 92 valence electrons. The second kappa shape index (κ2) is 5.14. The fourth-order valence-corrected chi connectivity index (χ4v) is 1.94. The van der Waals surface area contributed by atoms with Gasteiger partial charge < -0.3 is 14.6 Å². The van der Waals surface area contributed by atoms with Crippen molar-refractivity contribution in [1.29, 1.82) is 0 Å². The number of pyridine rings is 1. The summed E-state index contributed by atoms with van der Waals surface area (Å²) in [7, 11) is 0. The van der Waals surface area contributed by atoms with E-state index >= 15 is 0 Å². The van der Waals surface area contributed by atoms with Crippen molar-refractivity contribution in [3.63, 3.8) is 0 Å². The number of amides is 1. The van der Waals surface area contributed by atoms with Crippen molar-refractivity contribution in [1.82, 2.24) is 9.88 Å². The quantitative estimate of drug-likeness (QED) is 0.777. The third-order valence-electron chi connectivity index (χ3n) is 2.76. The number of carbonyl (C=O) groups is 1. The maximum atomic E-state index is 12.2. The SMILES string of the molecule is CC1CN(C(=O)c2cc[nH]c(=O)c2)CCCO1. The molecule has 2 heterocycles. The predicted molar refractivity (Wildman–Crippen MR) is 63.0 cm³/mol. The fraction of sp³-hybridized carbons (Fsp3) is 0.500. The van der Waals surface area contributed by atoms with Crippen molar-refractivity contribution < 1.29 is 9.53 Å². The average molecular weight is 236 g/mol. The van der Waals surface area contributed by atoms with Crippen molar-refractivity contribution in [3.05, 3.63) is 34.2 Å². The van der Waals surface area contributed by atoms with Crippen LogP contribution in [0, 0.1) is 0 Å². The molecule has 17 heavy (non-hydrogen) atoms. The highest BCUT2D eigenvalue weighted by molar-refractivity contribution is 5.94. The zero-order chi connectivity index (χ0) is 12.3. The van der Waals surface area contributed by atoms with Gasteiger partial charge in [-0.15, -0.1) is 0 Å². The summed E-state index contributed by atoms with van der Waals surface area (Å²) in [6.07, 6.45) is 2.37. The van der Waals surface area contributed by atoms with E-state index in [2.05, 4.69) is 4.98 Å². The molecule has 0 aromatic carbocycles. The minimum absolute atomic E-state index is 0.0449. The number of carbonyl (C=O) groups excluding carboxylic acids is 1. The molecule has 0 spiro atoms. The number of H-pyrrole nitrogens is 1. The van der Waals surface area contributed by atoms with Gasteiger partial charge in [-0.3, -0.25) is 9.59 Å². The van der Waals surface area contributed by atoms with Crippen molar-refractivity contribution in [2.24, 2.45) is 0 Å². The van der Waals surface area contributed by atoms with E-state index in [1.165, 1.54) is 12.3 Å². The fourth-order valence-electron chi connectivity index (χ4n) is 1.94. The summed E-state index contributed by atoms with van der Waals surface area (Å²) in [4.78, 5) is 27.6. The number of rotatable bonds is 1. The Morgan fingerprint density at radius 1 is 1.59 bits per heavy atom. The topological polar surface area (TPSA) is 62.4 Å². The minimum atomic E-state index is -0.255. The van der Waals surface area contributed by atoms with Gasteiger partial charge in [0.1, 0.15) is 0 Å². The molecule has 5 heteroatoms. The monoisotopic (exact) mass is 236 g/mol. The minimum Gasteiger partial charge on any atom is -0.377 e. The van der Waals surface area contributed by atoms with Gasteiger partial charge in [0.25, 0.3) is 5.91 Å². The number of nitrogens with one attached hydrogen (secondary N) is 1. The highest BCUT2D eigenvalue weighted by Gasteiger charge is 2.21. The zero-order valence-corrected chi connectivity index (χ0v) is 9.81. The van der Waals surface area contributed by atoms with Crippen molar-refractivity contribution >= 4 is 5.91 Å². The molecule has 0 bridgehead atoms. The van der Waals surface area contributed by atoms with Crippen LogP contribution >= 0.6 is 0 Å². The van der Waals surface area contributed by atoms with Gasteiger partial charge in [0, 0.05) is 37.5 Å². The first kappa shape index (κ1) is 11.9. The normalized spacial score (nSPS) is 21.0. The van der Waals surface area contributed by atoms with Gasteiger partial charge >= 0.3 is 0 Å². The molecule has 1 saturated heterocycles. The molecule has 0 aliphatic carbocycles. The van der Waals surface area contributed by atoms with Crippen LogP contribution in [0.25, 0.3) is 0 Å². The van der Waals surface area contributed by atoms with E-state index in [1.807, 2.05) is 6.92 Å². The summed E-state index contributed by atoms with van der Waals surface area (Å²) in [5, 5.41) is 0. The highest BCUT2D eigenvalue weighted by Crippen LogP contribution is 2.09. The summed E-state index contributed by atoms with van der Waals surface area (Å²) in [6.45, 7) is 3.88. The maximum absolute atomic E-state index is 12.2. The van der Waals surface area contributed by atoms with E-state index in [4.69, 9.17) is 4.74 Å². The first-order chi connectivity index (χ1) is 8.16. The Labute approximate surface area is 99.4 Å². The zero-order valence-electron chi connectivity index (χ0n) is 9.81. The van der Waals surface area contributed by atoms with Crippen LogP contribution in [0.1, 0.15) is 23.7 Å². The van der Waals surface area contributed by atoms with E-state index in [9.17, 15) is 9.59 Å². The molecule has 1 aliphatic heterocycles. The van der Waals surface area contributed by atoms with Gasteiger partial charge in [0.15, 0.2) is 0 Å². The van der Waals surface area contributed by atoms with E-state index in [1.54, 1.807) is 11.0 Å². The summed E-state index contributed by atoms with van der Waals surface area (Å²) in [5.41, 5.74) is 0.179. The van der Waals surface area contributed by atoms with Gasteiger partial charge in [0.2, 0.25) is 5.56 Å². The van der Waals surface area contributed by atoms with Gasteiger partial charge in [-0.1, -0.05) is 0 Å². The molecular weight excluding hydrogens is 220 g/mol. The molecule has 1 N–H and O–H groups in total. The van der Waals surface area contributed by atoms with Crippen LogP contribution in [0.15, 0.2) is 23.1 Å². The second-order valence-corrected chi connectivity index (χ2v) is 4.23. The Bertz CT molecular complexity index is 455. The Hall–Kier alpha value is -1.62. The van der Waals surface area contributed by atoms with Crippen molar-refractivity contribution in [2.45, 2.75) is 19.4 Å². The number of aromatic nitrogens is 1. The largest absolute Gasteiger partial charge is 0.377 e. The summed E-state index contributed by atoms with van der Waals surface area (Å²) >= 11 is 0. The van der Waals surface area contributed by atoms with Crippen molar-refractivity contribution in [2.75, 3.05) is 19.7 Å². The van der Waals surface area contributed by atoms with E-state index < -0.39 is 0 Å². The lowest BCUT2D eigenvalue weighted by atomic mass is 10.2. The van der Waals surface area contributed by atoms with Crippen LogP contribution in [0.2, 0.25) is 0 Å². The molecule has 1 atom stereocenters. The molecule has 1 amide bonds. The lowest BCUT2D eigenvalue weighted by molar-refractivity contribution is 0.0562. The molecule has 1 aromatic rings. The lowest BCUT2D eigenvalue weighted by Crippen LogP contribution is -2.36. The Morgan fingerprint density at radius 2 is 2.41 bits per heavy atom. The highest BCUT2D eigenvalue weighted by atomic mass is 16.5. The number of aromatic amines is 1. The van der Waals surface area contributed by atoms with Gasteiger partial charge in [-0.05, 0) is 19.4 Å². The smallest absolute Gasteiger partial charge is 0.254 e. The van der Waals surface area contributed by atoms with Crippen LogP contribution in [0.5, 0.6) is 0 Å². The number of ether oxygens (including phenoxy) is 1. The van der Waals surface area contributed by atoms with Gasteiger partial charge in [-0.2, -0.15) is 0 Å². The van der Waals surface area contributed by atoms with Crippen LogP contribution in [-0.4, -0.2) is 41.6 Å². The standard InChI is InChI=1S/C12H16N2O3/c1-9-8-14(5-2-6-17-9)12(16)10-3-4-13-11(15)7-10/h3-4,7,9H,2,5-6,8H2,1H3,(H,13,15). The van der Waals surface area contributed by atoms with Crippen LogP contribution in [0.4, 0.5) is 0 Å². The maximum Gasteiger partial charge on any atom is 0.254 e. The molecule has 1 aromatic heterocycles. The molecule has 2 rings (SSSR count). The first-order valence-electron chi connectivity index (χ1n) is 5.76. The third kappa shape index (κ3) is 2.94. The van der Waals surface area contributed by atoms with E-state index in [-0.39, 0.29) is 17.6 Å². The summed E-state index contributed by atoms with van der Waals surface area (Å²) in [6, 6.07) is 2.96. The summed E-state index contributed by atoms with van der Waals surface area (Å²) < 4.78 is 5.48. The molecule has 0 radical (unpaired) electrons. The molecule has 1 unspecified atom stereocenters. The molecule has 1 fully saturated rings. The number of hydrogen-bond donors (Lipinski definition) is 1. The van der Waals surface area contributed by atoms with Crippen LogP contribution < -0.4 is 5.56 Å². The Balaban J connectivity index is 2.16. The second-order valence-electron chi connectivity index (χ2n) is 4.23. The summed E-state index contributed by atoms with van der Waals surface area (Å²) in [5.74, 6) is -0.103. The van der Waals surface area contributed by atoms with Gasteiger partial charge in [0.05, 0.1) is 6.10 Å². The van der Waals surface area contributed by atoms with Crippen LogP contribution in [0.3, 0.4) is 0 Å². The van der Waals surface area contributed by atoms with Crippen LogP contribution in [-0.2, 0) is 4.74 Å². The van der Waals surface area contributed by atoms with E-state index in [0.717, 1.165) is 6.42 Å². The first-order valence-corrected chi connectivity index (χ1v) is 5.76. The molecular formula is C12H16N2O3. The average Bonchev–Trinajstić information content (AvgIpc) is 2.53. The lowest BCUT2D eigenvalue weighted by Gasteiger charge is -2.21. The number of nitrogens with zero attached hydrogens (tertiary/aromatic N) is 1. The van der Waals surface area contributed by atoms with E-state index in [0.29, 0.717) is 25.3 Å².